The van der Waals surface area contributed by atoms with Gasteiger partial charge in [-0.2, -0.15) is 0 Å². The molecule has 16 heavy (non-hydrogen) atoms. The molecule has 80 valence electrons. The molecule has 0 aliphatic rings. The van der Waals surface area contributed by atoms with Crippen molar-refractivity contribution in [3.63, 3.8) is 0 Å². The number of H-pyrrole nitrogens is 1. The van der Waals surface area contributed by atoms with Gasteiger partial charge in [0, 0.05) is 0 Å². The van der Waals surface area contributed by atoms with Gasteiger partial charge in [-0.25, -0.2) is 0 Å². The summed E-state index contributed by atoms with van der Waals surface area (Å²) in [4.78, 5) is 13.7. The van der Waals surface area contributed by atoms with E-state index in [-0.39, 0.29) is 14.4 Å². The summed E-state index contributed by atoms with van der Waals surface area (Å²) >= 11 is 0. The fraction of sp³-hybridized carbons (Fsp3) is 0.0909. The molecule has 0 saturated heterocycles. The third kappa shape index (κ3) is 3.40. The molecule has 0 aliphatic carbocycles. The van der Waals surface area contributed by atoms with Gasteiger partial charge in [-0.1, -0.05) is 0 Å². The number of hydrogen-bond donors (Lipinski definition) is 1. The van der Waals surface area contributed by atoms with Gasteiger partial charge in [0.05, 0.1) is 0 Å². The summed E-state index contributed by atoms with van der Waals surface area (Å²) in [6, 6.07) is 11.0. The van der Waals surface area contributed by atoms with Crippen molar-refractivity contribution in [2.75, 3.05) is 0 Å². The van der Waals surface area contributed by atoms with Crippen molar-refractivity contribution in [2.24, 2.45) is 0 Å². The van der Waals surface area contributed by atoms with Gasteiger partial charge < -0.3 is 0 Å². The van der Waals surface area contributed by atoms with Gasteiger partial charge in [0.25, 0.3) is 0 Å². The molecule has 0 saturated carbocycles. The normalized spacial score (nSPS) is 10.8. The Labute approximate surface area is 95.9 Å². The van der Waals surface area contributed by atoms with E-state index in [0.717, 1.165) is 10.9 Å². The van der Waals surface area contributed by atoms with Gasteiger partial charge in [-0.05, 0) is 0 Å². The molecule has 0 amide bonds. The second-order valence-corrected chi connectivity index (χ2v) is 4.34. The first-order valence-electron chi connectivity index (χ1n) is 4.96. The van der Waals surface area contributed by atoms with E-state index in [1.54, 1.807) is 6.07 Å². The number of rotatable bonds is 4. The van der Waals surface area contributed by atoms with Crippen LogP contribution in [0.5, 0.6) is 0 Å². The average Bonchev–Trinajstić information content (AvgIpc) is 2.30. The first-order chi connectivity index (χ1) is 7.84. The van der Waals surface area contributed by atoms with E-state index < -0.39 is 0 Å². The van der Waals surface area contributed by atoms with E-state index >= 15 is 0 Å². The molecule has 0 aromatic carbocycles. The Hall–Kier alpha value is -1.25. The van der Waals surface area contributed by atoms with Crippen LogP contribution in [0.4, 0.5) is 0 Å². The zero-order chi connectivity index (χ0) is 11.2. The van der Waals surface area contributed by atoms with Gasteiger partial charge in [0.2, 0.25) is 0 Å². The molecular formula is C11H11BNO2P. The summed E-state index contributed by atoms with van der Waals surface area (Å²) in [5.41, 5.74) is 1.87. The molecule has 0 radical (unpaired) electrons. The molecule has 1 N–H and O–H groups in total. The monoisotopic (exact) mass is 231 g/mol. The second kappa shape index (κ2) is 5.73. The SMILES string of the molecule is O=c1cccc(POCc2bcccc2)[nH]1. The molecule has 0 fully saturated rings. The molecule has 2 rings (SSSR count). The first-order valence-corrected chi connectivity index (χ1v) is 5.86. The summed E-state index contributed by atoms with van der Waals surface area (Å²) in [6.45, 7) is 2.58. The van der Waals surface area contributed by atoms with E-state index in [1.807, 2.05) is 37.1 Å². The Kier molecular flexibility index (Phi) is 4.03. The summed E-state index contributed by atoms with van der Waals surface area (Å²) in [5, 5.41) is 0. The van der Waals surface area contributed by atoms with Crippen LogP contribution < -0.4 is 11.0 Å². The maximum absolute atomic E-state index is 11.0. The van der Waals surface area contributed by atoms with Crippen LogP contribution in [0, 0.1) is 0 Å². The molecule has 2 aromatic rings. The van der Waals surface area contributed by atoms with Gasteiger partial charge in [0.1, 0.15) is 0 Å². The molecule has 2 heterocycles. The molecule has 0 bridgehead atoms. The van der Waals surface area contributed by atoms with Crippen LogP contribution in [0.2, 0.25) is 0 Å². The molecule has 1 atom stereocenters. The van der Waals surface area contributed by atoms with Crippen molar-refractivity contribution in [2.45, 2.75) is 6.61 Å². The van der Waals surface area contributed by atoms with Gasteiger partial charge in [0.15, 0.2) is 0 Å². The van der Waals surface area contributed by atoms with Gasteiger partial charge >= 0.3 is 95.4 Å². The molecule has 1 unspecified atom stereocenters. The second-order valence-electron chi connectivity index (χ2n) is 3.31. The van der Waals surface area contributed by atoms with Crippen molar-refractivity contribution in [3.8, 4) is 0 Å². The van der Waals surface area contributed by atoms with Crippen LogP contribution in [-0.4, -0.2) is 11.9 Å². The minimum atomic E-state index is -0.0895. The molecule has 0 spiro atoms. The summed E-state index contributed by atoms with van der Waals surface area (Å²) in [6.07, 6.45) is 0. The Morgan fingerprint density at radius 2 is 2.19 bits per heavy atom. The van der Waals surface area contributed by atoms with Crippen molar-refractivity contribution in [3.05, 3.63) is 58.2 Å². The van der Waals surface area contributed by atoms with Crippen LogP contribution in [-0.2, 0) is 11.1 Å². The third-order valence-corrected chi connectivity index (χ3v) is 2.83. The predicted molar refractivity (Wildman–Crippen MR) is 67.6 cm³/mol. The molecule has 2 aromatic heterocycles. The standard InChI is InChI=1S/C11H11BNO2P/c14-10-5-3-6-11(13-10)16-15-8-9-4-1-2-7-12-9/h1-7,16H,8H2,(H,13,14). The number of aromatic amines is 1. The molecule has 3 nitrogen and oxygen atoms in total. The van der Waals surface area contributed by atoms with E-state index in [0.29, 0.717) is 6.61 Å². The van der Waals surface area contributed by atoms with E-state index in [2.05, 4.69) is 4.98 Å². The Morgan fingerprint density at radius 3 is 2.94 bits per heavy atom. The summed E-state index contributed by atoms with van der Waals surface area (Å²) in [5.74, 6) is 1.98. The van der Waals surface area contributed by atoms with Crippen molar-refractivity contribution < 1.29 is 4.52 Å². The Balaban J connectivity index is 1.87. The van der Waals surface area contributed by atoms with Crippen molar-refractivity contribution in [1.29, 1.82) is 0 Å². The summed E-state index contributed by atoms with van der Waals surface area (Å²) in [7, 11) is 0.171. The molecule has 0 aliphatic heterocycles. The topological polar surface area (TPSA) is 42.1 Å². The number of hydrogen-bond acceptors (Lipinski definition) is 2. The maximum atomic E-state index is 11.0. The predicted octanol–water partition coefficient (Wildman–Crippen LogP) is 1.15. The molecular weight excluding hydrogens is 220 g/mol. The van der Waals surface area contributed by atoms with Crippen LogP contribution in [0.25, 0.3) is 0 Å². The van der Waals surface area contributed by atoms with Crippen LogP contribution in [0.15, 0.2) is 47.2 Å². The summed E-state index contributed by atoms with van der Waals surface area (Å²) < 4.78 is 5.52. The van der Waals surface area contributed by atoms with Gasteiger partial charge in [-0.3, -0.25) is 0 Å². The van der Waals surface area contributed by atoms with Crippen LogP contribution in [0.3, 0.4) is 0 Å². The Morgan fingerprint density at radius 1 is 1.25 bits per heavy atom. The number of aromatic nitrogens is 1. The zero-order valence-corrected chi connectivity index (χ0v) is 9.64. The first kappa shape index (κ1) is 11.2. The van der Waals surface area contributed by atoms with Crippen LogP contribution >= 0.6 is 8.81 Å². The zero-order valence-electron chi connectivity index (χ0n) is 8.64. The third-order valence-electron chi connectivity index (χ3n) is 2.03. The van der Waals surface area contributed by atoms with E-state index in [9.17, 15) is 4.79 Å². The quantitative estimate of drug-likeness (QED) is 0.802. The number of pyridine rings is 1. The van der Waals surface area contributed by atoms with Crippen LogP contribution in [0.1, 0.15) is 5.46 Å². The van der Waals surface area contributed by atoms with Crippen molar-refractivity contribution in [1.82, 2.24) is 4.98 Å². The Bertz CT molecular complexity index is 501. The number of nitrogens with one attached hydrogen (secondary N) is 1. The van der Waals surface area contributed by atoms with E-state index in [4.69, 9.17) is 4.52 Å². The van der Waals surface area contributed by atoms with E-state index in [1.165, 1.54) is 6.07 Å². The molecule has 5 heteroatoms. The average molecular weight is 231 g/mol. The van der Waals surface area contributed by atoms with Crippen molar-refractivity contribution >= 4 is 21.2 Å². The fourth-order valence-electron chi connectivity index (χ4n) is 1.28. The minimum absolute atomic E-state index is 0.0895. The van der Waals surface area contributed by atoms with Gasteiger partial charge in [-0.15, -0.1) is 0 Å². The fourth-order valence-corrected chi connectivity index (χ4v) is 2.01.